The molecule has 1 nitrogen and oxygen atoms in total. The molecule has 0 bridgehead atoms. The molecule has 1 rings (SSSR count). The van der Waals surface area contributed by atoms with E-state index in [0.717, 1.165) is 11.0 Å². The van der Waals surface area contributed by atoms with Gasteiger partial charge in [0.05, 0.1) is 0 Å². The molecule has 0 N–H and O–H groups in total. The van der Waals surface area contributed by atoms with Crippen molar-refractivity contribution in [3.63, 3.8) is 0 Å². The van der Waals surface area contributed by atoms with E-state index in [1.165, 1.54) is 26.1 Å². The number of aryl methyl sites for hydroxylation is 1. The summed E-state index contributed by atoms with van der Waals surface area (Å²) in [6.07, 6.45) is -4.25. The van der Waals surface area contributed by atoms with Gasteiger partial charge in [0, 0.05) is 12.7 Å². The second kappa shape index (κ2) is 4.08. The molecule has 0 unspecified atom stereocenters. The van der Waals surface area contributed by atoms with Gasteiger partial charge in [-0.25, -0.2) is 4.39 Å². The third-order valence-electron chi connectivity index (χ3n) is 2.00. The summed E-state index contributed by atoms with van der Waals surface area (Å²) in [4.78, 5) is 1.03. The minimum Gasteiger partial charge on any atom is -0.366 e. The summed E-state index contributed by atoms with van der Waals surface area (Å²) in [5.41, 5.74) is 0.688. The molecule has 0 saturated carbocycles. The van der Waals surface area contributed by atoms with Gasteiger partial charge in [0.15, 0.2) is 0 Å². The molecule has 0 aromatic heterocycles. The normalized spacial score (nSPS) is 11.6. The minimum absolute atomic E-state index is 0.335. The largest absolute Gasteiger partial charge is 0.405 e. The topological polar surface area (TPSA) is 3.24 Å². The summed E-state index contributed by atoms with van der Waals surface area (Å²) < 4.78 is 49.0. The van der Waals surface area contributed by atoms with Crippen LogP contribution in [0.2, 0.25) is 0 Å². The van der Waals surface area contributed by atoms with Crippen LogP contribution >= 0.6 is 0 Å². The van der Waals surface area contributed by atoms with Crippen molar-refractivity contribution in [1.29, 1.82) is 0 Å². The molecule has 0 aliphatic heterocycles. The van der Waals surface area contributed by atoms with E-state index in [9.17, 15) is 17.6 Å². The molecule has 0 amide bonds. The second-order valence-electron chi connectivity index (χ2n) is 3.40. The van der Waals surface area contributed by atoms with Crippen LogP contribution in [0.3, 0.4) is 0 Å². The van der Waals surface area contributed by atoms with Gasteiger partial charge in [-0.05, 0) is 30.7 Å². The van der Waals surface area contributed by atoms with Crippen LogP contribution in [0.1, 0.15) is 5.56 Å². The first-order valence-corrected chi connectivity index (χ1v) is 4.33. The average Bonchev–Trinajstić information content (AvgIpc) is 2.06. The fourth-order valence-corrected chi connectivity index (χ4v) is 1.23. The van der Waals surface area contributed by atoms with Crippen molar-refractivity contribution in [1.82, 2.24) is 0 Å². The fraction of sp³-hybridized carbons (Fsp3) is 0.400. The van der Waals surface area contributed by atoms with Crippen molar-refractivity contribution in [3.05, 3.63) is 29.6 Å². The van der Waals surface area contributed by atoms with Crippen molar-refractivity contribution >= 4 is 5.69 Å². The third kappa shape index (κ3) is 3.42. The molecule has 84 valence electrons. The number of nitrogens with zero attached hydrogens (tertiary/aromatic N) is 1. The Bertz CT molecular complexity index is 346. The molecule has 0 spiro atoms. The van der Waals surface area contributed by atoms with Crippen LogP contribution in [0.4, 0.5) is 23.2 Å². The van der Waals surface area contributed by atoms with Gasteiger partial charge in [-0.2, -0.15) is 13.2 Å². The first kappa shape index (κ1) is 11.8. The fourth-order valence-electron chi connectivity index (χ4n) is 1.23. The molecule has 1 aromatic rings. The monoisotopic (exact) mass is 221 g/mol. The maximum Gasteiger partial charge on any atom is 0.405 e. The highest BCUT2D eigenvalue weighted by molar-refractivity contribution is 5.48. The second-order valence-corrected chi connectivity index (χ2v) is 3.40. The molecule has 0 fully saturated rings. The van der Waals surface area contributed by atoms with Crippen molar-refractivity contribution in [2.45, 2.75) is 13.1 Å². The number of hydrogen-bond donors (Lipinski definition) is 0. The molecule has 5 heteroatoms. The summed E-state index contributed by atoms with van der Waals surface area (Å²) in [5, 5.41) is 0. The lowest BCUT2D eigenvalue weighted by molar-refractivity contribution is -0.119. The number of alkyl halides is 3. The Morgan fingerprint density at radius 1 is 1.27 bits per heavy atom. The van der Waals surface area contributed by atoms with Crippen LogP contribution in [0, 0.1) is 12.7 Å². The smallest absolute Gasteiger partial charge is 0.366 e. The Morgan fingerprint density at radius 2 is 1.87 bits per heavy atom. The van der Waals surface area contributed by atoms with E-state index >= 15 is 0 Å². The zero-order valence-electron chi connectivity index (χ0n) is 8.40. The van der Waals surface area contributed by atoms with E-state index in [1.807, 2.05) is 0 Å². The zero-order chi connectivity index (χ0) is 11.6. The first-order valence-electron chi connectivity index (χ1n) is 4.33. The molecule has 0 saturated heterocycles. The lowest BCUT2D eigenvalue weighted by Crippen LogP contribution is -2.30. The Labute approximate surface area is 85.3 Å². The standard InChI is InChI=1S/C10H11F4N/c1-7-5-8(3-4-9(7)11)15(2)6-10(12,13)14/h3-5H,6H2,1-2H3. The van der Waals surface area contributed by atoms with Crippen molar-refractivity contribution in [2.24, 2.45) is 0 Å². The SMILES string of the molecule is Cc1cc(N(C)CC(F)(F)F)ccc1F. The van der Waals surface area contributed by atoms with Gasteiger partial charge < -0.3 is 4.90 Å². The van der Waals surface area contributed by atoms with Gasteiger partial charge in [-0.1, -0.05) is 0 Å². The van der Waals surface area contributed by atoms with E-state index in [-0.39, 0.29) is 0 Å². The number of anilines is 1. The Morgan fingerprint density at radius 3 is 2.33 bits per heavy atom. The first-order chi connectivity index (χ1) is 6.79. The lowest BCUT2D eigenvalue weighted by atomic mass is 10.2. The van der Waals surface area contributed by atoms with Crippen molar-refractivity contribution in [3.8, 4) is 0 Å². The maximum absolute atomic E-state index is 12.9. The van der Waals surface area contributed by atoms with Gasteiger partial charge in [0.25, 0.3) is 0 Å². The Balaban J connectivity index is 2.83. The number of rotatable bonds is 2. The van der Waals surface area contributed by atoms with Crippen LogP contribution in [-0.2, 0) is 0 Å². The quantitative estimate of drug-likeness (QED) is 0.693. The van der Waals surface area contributed by atoms with Gasteiger partial charge >= 0.3 is 6.18 Å². The Kier molecular flexibility index (Phi) is 3.21. The van der Waals surface area contributed by atoms with Gasteiger partial charge in [0.2, 0.25) is 0 Å². The van der Waals surface area contributed by atoms with Crippen LogP contribution in [-0.4, -0.2) is 19.8 Å². The van der Waals surface area contributed by atoms with Crippen molar-refractivity contribution in [2.75, 3.05) is 18.5 Å². The van der Waals surface area contributed by atoms with E-state index in [4.69, 9.17) is 0 Å². The molecule has 0 aliphatic rings. The van der Waals surface area contributed by atoms with E-state index < -0.39 is 18.5 Å². The summed E-state index contributed by atoms with van der Waals surface area (Å²) in [7, 11) is 1.32. The average molecular weight is 221 g/mol. The van der Waals surface area contributed by atoms with E-state index in [2.05, 4.69) is 0 Å². The maximum atomic E-state index is 12.9. The van der Waals surface area contributed by atoms with Crippen LogP contribution < -0.4 is 4.90 Å². The third-order valence-corrected chi connectivity index (χ3v) is 2.00. The van der Waals surface area contributed by atoms with Crippen LogP contribution in [0.15, 0.2) is 18.2 Å². The molecule has 0 aliphatic carbocycles. The lowest BCUT2D eigenvalue weighted by Gasteiger charge is -2.21. The highest BCUT2D eigenvalue weighted by Crippen LogP contribution is 2.22. The summed E-state index contributed by atoms with van der Waals surface area (Å²) in [6.45, 7) is 0.471. The van der Waals surface area contributed by atoms with E-state index in [0.29, 0.717) is 11.3 Å². The summed E-state index contributed by atoms with van der Waals surface area (Å²) >= 11 is 0. The molecule has 0 atom stereocenters. The van der Waals surface area contributed by atoms with Gasteiger partial charge in [0.1, 0.15) is 12.4 Å². The molecule has 1 aromatic carbocycles. The molecule has 15 heavy (non-hydrogen) atoms. The number of halogens is 4. The highest BCUT2D eigenvalue weighted by atomic mass is 19.4. The van der Waals surface area contributed by atoms with Gasteiger partial charge in [-0.15, -0.1) is 0 Å². The van der Waals surface area contributed by atoms with E-state index in [1.54, 1.807) is 0 Å². The van der Waals surface area contributed by atoms with Crippen LogP contribution in [0.5, 0.6) is 0 Å². The summed E-state index contributed by atoms with van der Waals surface area (Å²) in [6, 6.07) is 3.88. The molecular formula is C10H11F4N. The Hall–Kier alpha value is -1.26. The predicted molar refractivity (Wildman–Crippen MR) is 50.5 cm³/mol. The molecular weight excluding hydrogens is 210 g/mol. The summed E-state index contributed by atoms with van der Waals surface area (Å²) in [5.74, 6) is -0.417. The number of benzene rings is 1. The van der Waals surface area contributed by atoms with Gasteiger partial charge in [-0.3, -0.25) is 0 Å². The predicted octanol–water partition coefficient (Wildman–Crippen LogP) is 3.13. The van der Waals surface area contributed by atoms with Crippen molar-refractivity contribution < 1.29 is 17.6 Å². The minimum atomic E-state index is -4.25. The number of hydrogen-bond acceptors (Lipinski definition) is 1. The molecule has 0 radical (unpaired) electrons. The highest BCUT2D eigenvalue weighted by Gasteiger charge is 2.29. The zero-order valence-corrected chi connectivity index (χ0v) is 8.40. The molecule has 0 heterocycles. The van der Waals surface area contributed by atoms with Crippen LogP contribution in [0.25, 0.3) is 0 Å².